The van der Waals surface area contributed by atoms with E-state index in [-0.39, 0.29) is 5.04 Å². The normalized spacial score (nSPS) is 25.2. The van der Waals surface area contributed by atoms with E-state index in [0.717, 1.165) is 19.4 Å². The number of carbonyl (C=O) groups excluding carboxylic acids is 1. The average molecular weight is 369 g/mol. The van der Waals surface area contributed by atoms with Crippen molar-refractivity contribution in [2.45, 2.75) is 96.5 Å². The van der Waals surface area contributed by atoms with Crippen LogP contribution in [0.25, 0.3) is 0 Å². The molecule has 0 atom stereocenters. The first-order chi connectivity index (χ1) is 11.2. The number of alkyl carbamates (subject to hydrolysis) is 1. The van der Waals surface area contributed by atoms with Crippen LogP contribution >= 0.6 is 0 Å². The van der Waals surface area contributed by atoms with Crippen LogP contribution in [0.15, 0.2) is 0 Å². The lowest BCUT2D eigenvalue weighted by Crippen LogP contribution is -2.51. The summed E-state index contributed by atoms with van der Waals surface area (Å²) in [6, 6.07) is 2.31. The number of hydrogen-bond acceptors (Lipinski definition) is 4. The van der Waals surface area contributed by atoms with Gasteiger partial charge in [-0.1, -0.05) is 20.8 Å². The minimum Gasteiger partial charge on any atom is -0.444 e. The molecule has 0 aromatic rings. The Bertz CT molecular complexity index is 504. The van der Waals surface area contributed by atoms with Crippen molar-refractivity contribution in [1.29, 1.82) is 5.26 Å². The van der Waals surface area contributed by atoms with Gasteiger partial charge in [0.05, 0.1) is 6.07 Å². The number of nitrogens with one attached hydrogen (secondary N) is 1. The highest BCUT2D eigenvalue weighted by Gasteiger charge is 2.40. The van der Waals surface area contributed by atoms with Gasteiger partial charge in [-0.15, -0.1) is 0 Å². The van der Waals surface area contributed by atoms with Gasteiger partial charge in [-0.25, -0.2) is 4.79 Å². The van der Waals surface area contributed by atoms with E-state index in [1.807, 2.05) is 20.8 Å². The van der Waals surface area contributed by atoms with Gasteiger partial charge in [0.1, 0.15) is 11.1 Å². The number of rotatable bonds is 4. The Labute approximate surface area is 154 Å². The third-order valence-electron chi connectivity index (χ3n) is 5.40. The van der Waals surface area contributed by atoms with Crippen LogP contribution < -0.4 is 5.32 Å². The Morgan fingerprint density at radius 2 is 1.72 bits per heavy atom. The van der Waals surface area contributed by atoms with E-state index in [1.54, 1.807) is 0 Å². The predicted molar refractivity (Wildman–Crippen MR) is 103 cm³/mol. The molecule has 1 aliphatic rings. The van der Waals surface area contributed by atoms with Gasteiger partial charge in [-0.05, 0) is 70.5 Å². The first-order valence-electron chi connectivity index (χ1n) is 9.26. The van der Waals surface area contributed by atoms with E-state index in [9.17, 15) is 10.1 Å². The summed E-state index contributed by atoms with van der Waals surface area (Å²) in [7, 11) is -1.74. The number of nitrogens with zero attached hydrogens (tertiary/aromatic N) is 1. The Morgan fingerprint density at radius 3 is 2.12 bits per heavy atom. The van der Waals surface area contributed by atoms with Gasteiger partial charge >= 0.3 is 6.09 Å². The van der Waals surface area contributed by atoms with Crippen LogP contribution in [0, 0.1) is 17.2 Å². The fourth-order valence-electron chi connectivity index (χ4n) is 2.64. The third kappa shape index (κ3) is 6.63. The zero-order valence-electron chi connectivity index (χ0n) is 17.3. The summed E-state index contributed by atoms with van der Waals surface area (Å²) in [5.41, 5.74) is -1.37. The van der Waals surface area contributed by atoms with Crippen LogP contribution in [0.2, 0.25) is 18.1 Å². The standard InChI is InChI=1S/C19H36N2O3Si/c1-17(2,3)24-16(22)21-19(14-20)11-9-15(10-12-19)13-23-25(7,8)18(4,5)6/h15H,9-13H2,1-8H3,(H,21,22). The first kappa shape index (κ1) is 22.0. The van der Waals surface area contributed by atoms with Crippen LogP contribution in [0.5, 0.6) is 0 Å². The lowest BCUT2D eigenvalue weighted by molar-refractivity contribution is 0.0444. The fraction of sp³-hybridized carbons (Fsp3) is 0.895. The second kappa shape index (κ2) is 7.67. The minimum absolute atomic E-state index is 0.205. The highest BCUT2D eigenvalue weighted by Crippen LogP contribution is 2.38. The molecule has 1 fully saturated rings. The molecule has 144 valence electrons. The molecule has 25 heavy (non-hydrogen) atoms. The summed E-state index contributed by atoms with van der Waals surface area (Å²) in [4.78, 5) is 12.0. The molecule has 0 aromatic heterocycles. The van der Waals surface area contributed by atoms with Gasteiger partial charge in [0, 0.05) is 6.61 Å². The Morgan fingerprint density at radius 1 is 1.20 bits per heavy atom. The SMILES string of the molecule is CC(C)(C)OC(=O)NC1(C#N)CCC(CO[Si](C)(C)C(C)(C)C)CC1. The van der Waals surface area contributed by atoms with Crippen LogP contribution in [0.1, 0.15) is 67.2 Å². The second-order valence-electron chi connectivity index (χ2n) is 9.84. The molecule has 0 heterocycles. The topological polar surface area (TPSA) is 71.3 Å². The molecule has 1 aliphatic carbocycles. The molecule has 0 aromatic carbocycles. The van der Waals surface area contributed by atoms with Crippen molar-refractivity contribution in [1.82, 2.24) is 5.32 Å². The van der Waals surface area contributed by atoms with Gasteiger partial charge in [0.15, 0.2) is 8.32 Å². The monoisotopic (exact) mass is 368 g/mol. The van der Waals surface area contributed by atoms with E-state index >= 15 is 0 Å². The first-order valence-corrected chi connectivity index (χ1v) is 12.2. The lowest BCUT2D eigenvalue weighted by Gasteiger charge is -2.40. The van der Waals surface area contributed by atoms with Crippen molar-refractivity contribution >= 4 is 14.4 Å². The van der Waals surface area contributed by atoms with Gasteiger partial charge in [0.2, 0.25) is 0 Å². The number of nitriles is 1. The van der Waals surface area contributed by atoms with E-state index < -0.39 is 25.6 Å². The van der Waals surface area contributed by atoms with Crippen molar-refractivity contribution < 1.29 is 14.0 Å². The maximum absolute atomic E-state index is 12.0. The van der Waals surface area contributed by atoms with Crippen molar-refractivity contribution in [3.63, 3.8) is 0 Å². The van der Waals surface area contributed by atoms with Gasteiger partial charge in [-0.3, -0.25) is 0 Å². The molecular weight excluding hydrogens is 332 g/mol. The lowest BCUT2D eigenvalue weighted by atomic mass is 9.77. The average Bonchev–Trinajstić information content (AvgIpc) is 2.43. The number of hydrogen-bond donors (Lipinski definition) is 1. The zero-order chi connectivity index (χ0) is 19.5. The summed E-state index contributed by atoms with van der Waals surface area (Å²) >= 11 is 0. The smallest absolute Gasteiger partial charge is 0.408 e. The van der Waals surface area contributed by atoms with Gasteiger partial charge in [0.25, 0.3) is 0 Å². The van der Waals surface area contributed by atoms with E-state index in [1.165, 1.54) is 0 Å². The molecule has 0 bridgehead atoms. The molecule has 0 spiro atoms. The number of amides is 1. The minimum atomic E-state index is -1.74. The van der Waals surface area contributed by atoms with E-state index in [2.05, 4.69) is 45.3 Å². The van der Waals surface area contributed by atoms with Crippen LogP contribution in [-0.4, -0.2) is 32.2 Å². The molecule has 6 heteroatoms. The maximum atomic E-state index is 12.0. The molecule has 0 aliphatic heterocycles. The Hall–Kier alpha value is -1.06. The summed E-state index contributed by atoms with van der Waals surface area (Å²) in [5.74, 6) is 0.455. The summed E-state index contributed by atoms with van der Waals surface area (Å²) in [5, 5.41) is 12.6. The molecule has 1 amide bonds. The zero-order valence-corrected chi connectivity index (χ0v) is 18.3. The van der Waals surface area contributed by atoms with Crippen LogP contribution in [0.4, 0.5) is 4.79 Å². The summed E-state index contributed by atoms with van der Waals surface area (Å²) in [6.07, 6.45) is 2.56. The van der Waals surface area contributed by atoms with Crippen molar-refractivity contribution in [3.8, 4) is 6.07 Å². The van der Waals surface area contributed by atoms with Crippen LogP contribution in [-0.2, 0) is 9.16 Å². The molecule has 5 nitrogen and oxygen atoms in total. The van der Waals surface area contributed by atoms with Gasteiger partial charge in [-0.2, -0.15) is 5.26 Å². The number of ether oxygens (including phenoxy) is 1. The third-order valence-corrected chi connectivity index (χ3v) is 9.90. The molecule has 1 N–H and O–H groups in total. The van der Waals surface area contributed by atoms with Crippen molar-refractivity contribution in [2.75, 3.05) is 6.61 Å². The van der Waals surface area contributed by atoms with E-state index in [0.29, 0.717) is 18.8 Å². The maximum Gasteiger partial charge on any atom is 0.408 e. The van der Waals surface area contributed by atoms with Gasteiger partial charge < -0.3 is 14.5 Å². The molecule has 1 saturated carbocycles. The highest BCUT2D eigenvalue weighted by atomic mass is 28.4. The summed E-state index contributed by atoms with van der Waals surface area (Å²) < 4.78 is 11.6. The molecule has 1 rings (SSSR count). The van der Waals surface area contributed by atoms with Crippen molar-refractivity contribution in [2.24, 2.45) is 5.92 Å². The highest BCUT2D eigenvalue weighted by molar-refractivity contribution is 6.74. The quantitative estimate of drug-likeness (QED) is 0.710. The summed E-state index contributed by atoms with van der Waals surface area (Å²) in [6.45, 7) is 17.5. The Balaban J connectivity index is 2.55. The van der Waals surface area contributed by atoms with E-state index in [4.69, 9.17) is 9.16 Å². The molecule has 0 radical (unpaired) electrons. The molecule has 0 unspecified atom stereocenters. The fourth-order valence-corrected chi connectivity index (χ4v) is 3.73. The second-order valence-corrected chi connectivity index (χ2v) is 14.6. The predicted octanol–water partition coefficient (Wildman–Crippen LogP) is 4.99. The Kier molecular flexibility index (Phi) is 6.74. The largest absolute Gasteiger partial charge is 0.444 e. The van der Waals surface area contributed by atoms with Crippen molar-refractivity contribution in [3.05, 3.63) is 0 Å². The molecular formula is C19H36N2O3Si. The number of carbonyl (C=O) groups is 1. The van der Waals surface area contributed by atoms with Crippen LogP contribution in [0.3, 0.4) is 0 Å². The molecule has 0 saturated heterocycles.